The molecule has 0 aliphatic carbocycles. The molecule has 0 spiro atoms. The van der Waals surface area contributed by atoms with Gasteiger partial charge in [0.1, 0.15) is 5.15 Å². The summed E-state index contributed by atoms with van der Waals surface area (Å²) in [5.41, 5.74) is 3.86. The van der Waals surface area contributed by atoms with Crippen LogP contribution in [0.1, 0.15) is 0 Å². The maximum absolute atomic E-state index is 6.28. The third-order valence-electron chi connectivity index (χ3n) is 4.68. The second-order valence-corrected chi connectivity index (χ2v) is 7.31. The van der Waals surface area contributed by atoms with Crippen LogP contribution in [0.4, 0.5) is 5.95 Å². The van der Waals surface area contributed by atoms with Crippen molar-refractivity contribution in [3.05, 3.63) is 35.7 Å². The van der Waals surface area contributed by atoms with E-state index in [0.717, 1.165) is 48.5 Å². The van der Waals surface area contributed by atoms with Crippen molar-refractivity contribution in [3.8, 4) is 11.3 Å². The minimum absolute atomic E-state index is 0.443. The van der Waals surface area contributed by atoms with Crippen molar-refractivity contribution in [3.63, 3.8) is 0 Å². The summed E-state index contributed by atoms with van der Waals surface area (Å²) in [6.45, 7) is 4.79. The molecule has 3 aromatic rings. The highest BCUT2D eigenvalue weighted by molar-refractivity contribution is 6.29. The SMILES string of the molecule is CN(C)CCn1cnc2cc(-c3cc(Cl)nc(N4CCOCC4)n3)ccc21. The third kappa shape index (κ3) is 4.05. The standard InChI is InChI=1S/C19H23ClN6O/c1-24(2)5-6-26-13-21-16-11-14(3-4-17(16)26)15-12-18(20)23-19(22-15)25-7-9-27-10-8-25/h3-4,11-13H,5-10H2,1-2H3. The number of aromatic nitrogens is 4. The highest BCUT2D eigenvalue weighted by Crippen LogP contribution is 2.26. The van der Waals surface area contributed by atoms with Crippen LogP contribution in [0.15, 0.2) is 30.6 Å². The molecule has 3 heterocycles. The summed E-state index contributed by atoms with van der Waals surface area (Å²) in [4.78, 5) is 18.0. The highest BCUT2D eigenvalue weighted by Gasteiger charge is 2.16. The first-order valence-corrected chi connectivity index (χ1v) is 9.45. The molecule has 1 aromatic carbocycles. The molecule has 4 rings (SSSR count). The van der Waals surface area contributed by atoms with Crippen molar-refractivity contribution < 1.29 is 4.74 Å². The fourth-order valence-electron chi connectivity index (χ4n) is 3.17. The van der Waals surface area contributed by atoms with E-state index in [1.54, 1.807) is 6.07 Å². The first-order chi connectivity index (χ1) is 13.1. The molecule has 1 saturated heterocycles. The molecule has 1 aliphatic heterocycles. The number of likely N-dealkylation sites (N-methyl/N-ethyl adjacent to an activating group) is 1. The Kier molecular flexibility index (Phi) is 5.24. The van der Waals surface area contributed by atoms with E-state index in [1.807, 2.05) is 6.33 Å². The van der Waals surface area contributed by atoms with Crippen molar-refractivity contribution in [1.82, 2.24) is 24.4 Å². The molecular formula is C19H23ClN6O. The predicted octanol–water partition coefficient (Wildman–Crippen LogP) is 2.54. The monoisotopic (exact) mass is 386 g/mol. The van der Waals surface area contributed by atoms with Gasteiger partial charge in [-0.1, -0.05) is 17.7 Å². The Morgan fingerprint density at radius 1 is 1.15 bits per heavy atom. The molecule has 8 heteroatoms. The number of rotatable bonds is 5. The van der Waals surface area contributed by atoms with Crippen LogP contribution >= 0.6 is 11.6 Å². The third-order valence-corrected chi connectivity index (χ3v) is 4.88. The second-order valence-electron chi connectivity index (χ2n) is 6.92. The van der Waals surface area contributed by atoms with Crippen LogP contribution in [-0.4, -0.2) is 71.4 Å². The van der Waals surface area contributed by atoms with Gasteiger partial charge in [0.25, 0.3) is 0 Å². The summed E-state index contributed by atoms with van der Waals surface area (Å²) in [6.07, 6.45) is 1.89. The van der Waals surface area contributed by atoms with E-state index in [1.165, 1.54) is 0 Å². The number of halogens is 1. The van der Waals surface area contributed by atoms with Crippen molar-refractivity contribution in [2.45, 2.75) is 6.54 Å². The quantitative estimate of drug-likeness (QED) is 0.628. The lowest BCUT2D eigenvalue weighted by Gasteiger charge is -2.27. The molecule has 7 nitrogen and oxygen atoms in total. The van der Waals surface area contributed by atoms with Crippen LogP contribution in [0.2, 0.25) is 5.15 Å². The summed E-state index contributed by atoms with van der Waals surface area (Å²) in [7, 11) is 4.14. The molecule has 0 bridgehead atoms. The lowest BCUT2D eigenvalue weighted by atomic mass is 10.1. The maximum atomic E-state index is 6.28. The van der Waals surface area contributed by atoms with Crippen molar-refractivity contribution in [2.24, 2.45) is 0 Å². The van der Waals surface area contributed by atoms with Gasteiger partial charge in [0.15, 0.2) is 0 Å². The van der Waals surface area contributed by atoms with E-state index in [9.17, 15) is 0 Å². The molecular weight excluding hydrogens is 364 g/mol. The van der Waals surface area contributed by atoms with Gasteiger partial charge in [0.2, 0.25) is 5.95 Å². The Hall–Kier alpha value is -2.22. The summed E-state index contributed by atoms with van der Waals surface area (Å²) in [5, 5.41) is 0.443. The normalized spacial score (nSPS) is 15.0. The highest BCUT2D eigenvalue weighted by atomic mass is 35.5. The smallest absolute Gasteiger partial charge is 0.227 e. The summed E-state index contributed by atoms with van der Waals surface area (Å²) < 4.78 is 7.58. The number of morpholine rings is 1. The maximum Gasteiger partial charge on any atom is 0.227 e. The van der Waals surface area contributed by atoms with Crippen molar-refractivity contribution in [1.29, 1.82) is 0 Å². The van der Waals surface area contributed by atoms with Crippen LogP contribution in [0.5, 0.6) is 0 Å². The van der Waals surface area contributed by atoms with Gasteiger partial charge in [-0.3, -0.25) is 0 Å². The second kappa shape index (κ2) is 7.80. The van der Waals surface area contributed by atoms with Gasteiger partial charge in [0, 0.05) is 37.8 Å². The molecule has 1 fully saturated rings. The summed E-state index contributed by atoms with van der Waals surface area (Å²) in [5.74, 6) is 0.650. The van der Waals surface area contributed by atoms with Gasteiger partial charge in [-0.05, 0) is 26.2 Å². The predicted molar refractivity (Wildman–Crippen MR) is 107 cm³/mol. The zero-order valence-corrected chi connectivity index (χ0v) is 16.4. The minimum atomic E-state index is 0.443. The average Bonchev–Trinajstić information content (AvgIpc) is 3.09. The Balaban J connectivity index is 1.64. The van der Waals surface area contributed by atoms with Crippen LogP contribution in [-0.2, 0) is 11.3 Å². The molecule has 0 N–H and O–H groups in total. The number of hydrogen-bond acceptors (Lipinski definition) is 6. The Morgan fingerprint density at radius 2 is 1.96 bits per heavy atom. The molecule has 0 radical (unpaired) electrons. The number of hydrogen-bond donors (Lipinski definition) is 0. The van der Waals surface area contributed by atoms with Gasteiger partial charge >= 0.3 is 0 Å². The van der Waals surface area contributed by atoms with E-state index in [4.69, 9.17) is 21.3 Å². The number of ether oxygens (including phenoxy) is 1. The average molecular weight is 387 g/mol. The number of anilines is 1. The van der Waals surface area contributed by atoms with Crippen LogP contribution in [0, 0.1) is 0 Å². The van der Waals surface area contributed by atoms with Crippen LogP contribution in [0.25, 0.3) is 22.3 Å². The Bertz CT molecular complexity index is 935. The van der Waals surface area contributed by atoms with Crippen molar-refractivity contribution >= 4 is 28.6 Å². The molecule has 142 valence electrons. The van der Waals surface area contributed by atoms with E-state index in [-0.39, 0.29) is 0 Å². The first-order valence-electron chi connectivity index (χ1n) is 9.07. The van der Waals surface area contributed by atoms with Crippen LogP contribution < -0.4 is 4.90 Å². The van der Waals surface area contributed by atoms with Gasteiger partial charge in [-0.2, -0.15) is 0 Å². The fraction of sp³-hybridized carbons (Fsp3) is 0.421. The zero-order chi connectivity index (χ0) is 18.8. The Labute approximate surface area is 163 Å². The number of fused-ring (bicyclic) bond motifs is 1. The Morgan fingerprint density at radius 3 is 2.74 bits per heavy atom. The fourth-order valence-corrected chi connectivity index (χ4v) is 3.35. The molecule has 0 amide bonds. The van der Waals surface area contributed by atoms with E-state index < -0.39 is 0 Å². The molecule has 27 heavy (non-hydrogen) atoms. The van der Waals surface area contributed by atoms with Gasteiger partial charge in [-0.15, -0.1) is 0 Å². The van der Waals surface area contributed by atoms with E-state index in [0.29, 0.717) is 24.3 Å². The molecule has 0 saturated carbocycles. The van der Waals surface area contributed by atoms with E-state index in [2.05, 4.69) is 56.6 Å². The lowest BCUT2D eigenvalue weighted by molar-refractivity contribution is 0.122. The van der Waals surface area contributed by atoms with Gasteiger partial charge in [-0.25, -0.2) is 15.0 Å². The molecule has 0 unspecified atom stereocenters. The topological polar surface area (TPSA) is 59.3 Å². The number of imidazole rings is 1. The minimum Gasteiger partial charge on any atom is -0.378 e. The summed E-state index contributed by atoms with van der Waals surface area (Å²) >= 11 is 6.28. The molecule has 1 aliphatic rings. The van der Waals surface area contributed by atoms with Crippen LogP contribution in [0.3, 0.4) is 0 Å². The molecule has 2 aromatic heterocycles. The summed E-state index contributed by atoms with van der Waals surface area (Å²) in [6, 6.07) is 8.02. The van der Waals surface area contributed by atoms with Crippen molar-refractivity contribution in [2.75, 3.05) is 51.8 Å². The zero-order valence-electron chi connectivity index (χ0n) is 15.6. The number of benzene rings is 1. The van der Waals surface area contributed by atoms with E-state index >= 15 is 0 Å². The molecule has 0 atom stereocenters. The largest absolute Gasteiger partial charge is 0.378 e. The van der Waals surface area contributed by atoms with Gasteiger partial charge in [0.05, 0.1) is 36.3 Å². The van der Waals surface area contributed by atoms with Gasteiger partial charge < -0.3 is 19.1 Å². The lowest BCUT2D eigenvalue weighted by Crippen LogP contribution is -2.37. The first kappa shape index (κ1) is 18.2. The number of nitrogens with zero attached hydrogens (tertiary/aromatic N) is 6.